The van der Waals surface area contributed by atoms with E-state index < -0.39 is 5.91 Å². The number of phenolic OH excluding ortho intramolecular Hbond substituents is 1. The molecule has 2 N–H and O–H groups in total. The first kappa shape index (κ1) is 11.9. The molecule has 5 heteroatoms. The number of carbonyl (C=O) groups excluding carboxylic acids is 2. The number of Topliss-reactive ketones (excluding diaryl/α,β-unsaturated/α-hetero) is 1. The fourth-order valence-corrected chi connectivity index (χ4v) is 0.939. The average molecular weight is 220 g/mol. The Morgan fingerprint density at radius 3 is 2.44 bits per heavy atom. The summed E-state index contributed by atoms with van der Waals surface area (Å²) in [5.41, 5.74) is 2.50. The summed E-state index contributed by atoms with van der Waals surface area (Å²) in [7, 11) is 0. The van der Waals surface area contributed by atoms with E-state index in [0.29, 0.717) is 0 Å². The van der Waals surface area contributed by atoms with Crippen molar-refractivity contribution in [2.24, 2.45) is 5.10 Å². The van der Waals surface area contributed by atoms with E-state index in [2.05, 4.69) is 10.5 Å². The zero-order chi connectivity index (χ0) is 12.1. The molecule has 5 nitrogen and oxygen atoms in total. The second-order valence-corrected chi connectivity index (χ2v) is 3.21. The molecule has 0 fully saturated rings. The molecule has 1 rings (SSSR count). The number of para-hydroxylation sites is 1. The lowest BCUT2D eigenvalue weighted by atomic mass is 10.2. The van der Waals surface area contributed by atoms with Gasteiger partial charge in [-0.3, -0.25) is 9.59 Å². The number of rotatable bonds is 3. The molecule has 0 heterocycles. The van der Waals surface area contributed by atoms with Crippen molar-refractivity contribution in [1.82, 2.24) is 5.43 Å². The number of carbonyl (C=O) groups is 2. The molecule has 16 heavy (non-hydrogen) atoms. The van der Waals surface area contributed by atoms with Crippen molar-refractivity contribution in [3.05, 3.63) is 29.8 Å². The van der Waals surface area contributed by atoms with Gasteiger partial charge < -0.3 is 5.11 Å². The fourth-order valence-electron chi connectivity index (χ4n) is 0.939. The lowest BCUT2D eigenvalue weighted by Crippen LogP contribution is -2.21. The molecule has 0 saturated carbocycles. The van der Waals surface area contributed by atoms with E-state index in [1.165, 1.54) is 26.0 Å². The van der Waals surface area contributed by atoms with Crippen LogP contribution in [0.2, 0.25) is 0 Å². The molecule has 0 unspecified atom stereocenters. The number of ketones is 1. The van der Waals surface area contributed by atoms with Gasteiger partial charge in [-0.2, -0.15) is 5.10 Å². The predicted molar refractivity (Wildman–Crippen MR) is 59.4 cm³/mol. The normalized spacial score (nSPS) is 11.0. The summed E-state index contributed by atoms with van der Waals surface area (Å²) in [6.07, 6.45) is 0. The van der Waals surface area contributed by atoms with E-state index >= 15 is 0 Å². The highest BCUT2D eigenvalue weighted by Crippen LogP contribution is 2.14. The van der Waals surface area contributed by atoms with E-state index in [1.807, 2.05) is 0 Å². The lowest BCUT2D eigenvalue weighted by Gasteiger charge is -2.02. The van der Waals surface area contributed by atoms with Crippen LogP contribution in [0.25, 0.3) is 0 Å². The average Bonchev–Trinajstić information content (AvgIpc) is 2.25. The van der Waals surface area contributed by atoms with E-state index in [4.69, 9.17) is 0 Å². The van der Waals surface area contributed by atoms with Crippen molar-refractivity contribution < 1.29 is 14.7 Å². The number of hydrogen-bond acceptors (Lipinski definition) is 4. The highest BCUT2D eigenvalue weighted by Gasteiger charge is 2.09. The predicted octanol–water partition coefficient (Wildman–Crippen LogP) is 1.09. The highest BCUT2D eigenvalue weighted by atomic mass is 16.3. The van der Waals surface area contributed by atoms with Crippen molar-refractivity contribution >= 4 is 17.4 Å². The van der Waals surface area contributed by atoms with Gasteiger partial charge in [0.15, 0.2) is 5.78 Å². The minimum Gasteiger partial charge on any atom is -0.507 e. The minimum absolute atomic E-state index is 0.114. The quantitative estimate of drug-likeness (QED) is 0.591. The van der Waals surface area contributed by atoms with E-state index in [1.54, 1.807) is 12.1 Å². The molecule has 0 aliphatic rings. The van der Waals surface area contributed by atoms with Gasteiger partial charge in [-0.1, -0.05) is 12.1 Å². The van der Waals surface area contributed by atoms with Gasteiger partial charge in [0.05, 0.1) is 5.56 Å². The Bertz CT molecular complexity index is 452. The molecular weight excluding hydrogens is 208 g/mol. The summed E-state index contributed by atoms with van der Waals surface area (Å²) in [5, 5.41) is 13.0. The van der Waals surface area contributed by atoms with Gasteiger partial charge >= 0.3 is 0 Å². The number of aromatic hydroxyl groups is 1. The van der Waals surface area contributed by atoms with Crippen LogP contribution in [0.4, 0.5) is 0 Å². The Morgan fingerprint density at radius 1 is 1.25 bits per heavy atom. The van der Waals surface area contributed by atoms with Gasteiger partial charge in [-0.25, -0.2) is 5.43 Å². The maximum Gasteiger partial charge on any atom is 0.275 e. The molecule has 1 amide bonds. The van der Waals surface area contributed by atoms with Gasteiger partial charge in [0, 0.05) is 6.92 Å². The topological polar surface area (TPSA) is 78.8 Å². The van der Waals surface area contributed by atoms with Crippen molar-refractivity contribution in [2.75, 3.05) is 0 Å². The number of nitrogens with zero attached hydrogens (tertiary/aromatic N) is 1. The summed E-state index contributed by atoms with van der Waals surface area (Å²) in [6.45, 7) is 2.85. The van der Waals surface area contributed by atoms with Crippen molar-refractivity contribution in [1.29, 1.82) is 0 Å². The van der Waals surface area contributed by atoms with E-state index in [9.17, 15) is 14.7 Å². The van der Waals surface area contributed by atoms with Crippen molar-refractivity contribution in [3.63, 3.8) is 0 Å². The standard InChI is InChI=1S/C11H12N2O3/c1-7(8(2)14)12-13-11(16)9-5-3-4-6-10(9)15/h3-6,15H,1-2H3,(H,13,16)/b12-7+. The van der Waals surface area contributed by atoms with Crippen LogP contribution in [0, 0.1) is 0 Å². The highest BCUT2D eigenvalue weighted by molar-refractivity contribution is 6.38. The van der Waals surface area contributed by atoms with E-state index in [0.717, 1.165) is 0 Å². The zero-order valence-electron chi connectivity index (χ0n) is 9.02. The van der Waals surface area contributed by atoms with Gasteiger partial charge in [0.25, 0.3) is 5.91 Å². The number of nitrogens with one attached hydrogen (secondary N) is 1. The van der Waals surface area contributed by atoms with Crippen LogP contribution in [0.3, 0.4) is 0 Å². The number of benzene rings is 1. The minimum atomic E-state index is -0.557. The molecule has 0 bridgehead atoms. The van der Waals surface area contributed by atoms with Gasteiger partial charge in [-0.05, 0) is 19.1 Å². The van der Waals surface area contributed by atoms with Crippen molar-refractivity contribution in [2.45, 2.75) is 13.8 Å². The Balaban J connectivity index is 2.78. The fraction of sp³-hybridized carbons (Fsp3) is 0.182. The molecule has 1 aromatic carbocycles. The van der Waals surface area contributed by atoms with E-state index in [-0.39, 0.29) is 22.8 Å². The maximum absolute atomic E-state index is 11.5. The Labute approximate surface area is 92.8 Å². The Hall–Kier alpha value is -2.17. The van der Waals surface area contributed by atoms with Gasteiger partial charge in [0.1, 0.15) is 11.5 Å². The summed E-state index contributed by atoms with van der Waals surface area (Å²) in [4.78, 5) is 22.3. The maximum atomic E-state index is 11.5. The van der Waals surface area contributed by atoms with Crippen LogP contribution in [0.1, 0.15) is 24.2 Å². The number of hydrogen-bond donors (Lipinski definition) is 2. The molecule has 0 radical (unpaired) electrons. The summed E-state index contributed by atoms with van der Waals surface area (Å²) >= 11 is 0. The molecule has 0 aliphatic carbocycles. The third-order valence-electron chi connectivity index (χ3n) is 1.98. The molecule has 0 saturated heterocycles. The largest absolute Gasteiger partial charge is 0.507 e. The van der Waals surface area contributed by atoms with Gasteiger partial charge in [-0.15, -0.1) is 0 Å². The first-order valence-electron chi connectivity index (χ1n) is 4.66. The van der Waals surface area contributed by atoms with Crippen molar-refractivity contribution in [3.8, 4) is 5.75 Å². The Kier molecular flexibility index (Phi) is 3.77. The van der Waals surface area contributed by atoms with Crippen LogP contribution in [0.5, 0.6) is 5.75 Å². The van der Waals surface area contributed by atoms with Gasteiger partial charge in [0.2, 0.25) is 0 Å². The number of hydrazone groups is 1. The third-order valence-corrected chi connectivity index (χ3v) is 1.98. The van der Waals surface area contributed by atoms with Crippen LogP contribution >= 0.6 is 0 Å². The molecule has 84 valence electrons. The SMILES string of the molecule is CC(=O)/C(C)=N/NC(=O)c1ccccc1O. The van der Waals surface area contributed by atoms with Crippen LogP contribution < -0.4 is 5.43 Å². The number of phenols is 1. The monoisotopic (exact) mass is 220 g/mol. The molecule has 0 aliphatic heterocycles. The van der Waals surface area contributed by atoms with Crippen LogP contribution in [-0.4, -0.2) is 22.5 Å². The Morgan fingerprint density at radius 2 is 1.88 bits per heavy atom. The summed E-state index contributed by atoms with van der Waals surface area (Å²) in [5.74, 6) is -0.910. The molecule has 0 atom stereocenters. The third kappa shape index (κ3) is 2.91. The molecule has 0 aromatic heterocycles. The lowest BCUT2D eigenvalue weighted by molar-refractivity contribution is -0.111. The molecule has 1 aromatic rings. The summed E-state index contributed by atoms with van der Waals surface area (Å²) < 4.78 is 0. The molecule has 0 spiro atoms. The van der Waals surface area contributed by atoms with Crippen LogP contribution in [-0.2, 0) is 4.79 Å². The summed E-state index contributed by atoms with van der Waals surface area (Å²) in [6, 6.07) is 6.09. The second kappa shape index (κ2) is 5.06. The first-order chi connectivity index (χ1) is 7.52. The smallest absolute Gasteiger partial charge is 0.275 e. The zero-order valence-corrected chi connectivity index (χ0v) is 9.02. The van der Waals surface area contributed by atoms with Crippen LogP contribution in [0.15, 0.2) is 29.4 Å². The second-order valence-electron chi connectivity index (χ2n) is 3.21. The molecular formula is C11H12N2O3. The number of amides is 1. The first-order valence-corrected chi connectivity index (χ1v) is 4.66.